The Kier molecular flexibility index (Phi) is 6.73. The number of carbonyl (C=O) groups excluding carboxylic acids is 1. The van der Waals surface area contributed by atoms with Gasteiger partial charge in [0.1, 0.15) is 11.4 Å². The largest absolute Gasteiger partial charge is 0.465 e. The zero-order valence-corrected chi connectivity index (χ0v) is 16.0. The Morgan fingerprint density at radius 3 is 2.59 bits per heavy atom. The molecular weight excluding hydrogens is 381 g/mol. The Labute approximate surface area is 167 Å². The van der Waals surface area contributed by atoms with Crippen LogP contribution in [-0.2, 0) is 9.47 Å². The molecule has 1 N–H and O–H groups in total. The van der Waals surface area contributed by atoms with Gasteiger partial charge in [0.15, 0.2) is 0 Å². The van der Waals surface area contributed by atoms with Crippen molar-refractivity contribution in [3.05, 3.63) is 69.5 Å². The Bertz CT molecular complexity index is 869. The van der Waals surface area contributed by atoms with Gasteiger partial charge in [-0.2, -0.15) is 0 Å². The molecule has 0 radical (unpaired) electrons. The smallest absolute Gasteiger partial charge is 0.344 e. The Balaban J connectivity index is 1.82. The van der Waals surface area contributed by atoms with Crippen molar-refractivity contribution in [1.82, 2.24) is 4.90 Å². The predicted octanol–water partition coefficient (Wildman–Crippen LogP) is 3.01. The molecule has 0 saturated carbocycles. The van der Waals surface area contributed by atoms with Gasteiger partial charge in [-0.05, 0) is 29.8 Å². The summed E-state index contributed by atoms with van der Waals surface area (Å²) in [5.74, 6) is -1.08. The van der Waals surface area contributed by atoms with E-state index < -0.39 is 10.9 Å². The minimum Gasteiger partial charge on any atom is -0.465 e. The van der Waals surface area contributed by atoms with Crippen molar-refractivity contribution in [3.63, 3.8) is 0 Å². The van der Waals surface area contributed by atoms with Crippen LogP contribution in [-0.4, -0.2) is 55.8 Å². The molecule has 1 unspecified atom stereocenters. The van der Waals surface area contributed by atoms with Gasteiger partial charge in [-0.3, -0.25) is 15.0 Å². The van der Waals surface area contributed by atoms with Crippen LogP contribution in [0.3, 0.4) is 0 Å². The quantitative estimate of drug-likeness (QED) is 0.431. The number of morpholine rings is 1. The van der Waals surface area contributed by atoms with E-state index in [1.54, 1.807) is 18.2 Å². The number of methoxy groups -OCH3 is 1. The second kappa shape index (κ2) is 9.44. The van der Waals surface area contributed by atoms with Crippen LogP contribution in [0.5, 0.6) is 0 Å². The number of ether oxygens (including phenoxy) is 2. The van der Waals surface area contributed by atoms with Gasteiger partial charge in [-0.1, -0.05) is 12.1 Å². The number of benzene rings is 2. The molecule has 3 rings (SSSR count). The number of hydrogen-bond acceptors (Lipinski definition) is 7. The van der Waals surface area contributed by atoms with Gasteiger partial charge < -0.3 is 14.8 Å². The highest BCUT2D eigenvalue weighted by molar-refractivity contribution is 5.95. The molecule has 1 aliphatic rings. The molecule has 1 saturated heterocycles. The maximum absolute atomic E-state index is 13.4. The van der Waals surface area contributed by atoms with Crippen molar-refractivity contribution in [2.75, 3.05) is 45.3 Å². The number of esters is 1. The molecule has 0 aromatic heterocycles. The molecule has 1 aliphatic heterocycles. The average molecular weight is 403 g/mol. The summed E-state index contributed by atoms with van der Waals surface area (Å²) in [4.78, 5) is 24.7. The molecule has 0 aliphatic carbocycles. The third-order valence-corrected chi connectivity index (χ3v) is 4.84. The first-order valence-electron chi connectivity index (χ1n) is 9.17. The van der Waals surface area contributed by atoms with Crippen molar-refractivity contribution in [3.8, 4) is 0 Å². The normalized spacial score (nSPS) is 15.5. The average Bonchev–Trinajstić information content (AvgIpc) is 2.75. The minimum absolute atomic E-state index is 0.0590. The fourth-order valence-electron chi connectivity index (χ4n) is 3.33. The predicted molar refractivity (Wildman–Crippen MR) is 104 cm³/mol. The molecule has 154 valence electrons. The molecule has 2 aromatic rings. The highest BCUT2D eigenvalue weighted by atomic mass is 19.1. The van der Waals surface area contributed by atoms with Gasteiger partial charge in [0.05, 0.1) is 31.3 Å². The molecule has 2 aromatic carbocycles. The van der Waals surface area contributed by atoms with Crippen LogP contribution < -0.4 is 5.32 Å². The summed E-state index contributed by atoms with van der Waals surface area (Å²) < 4.78 is 23.4. The number of nitro benzene ring substituents is 1. The maximum atomic E-state index is 13.4. The van der Waals surface area contributed by atoms with Crippen LogP contribution in [0.1, 0.15) is 22.0 Å². The lowest BCUT2D eigenvalue weighted by molar-refractivity contribution is -0.385. The van der Waals surface area contributed by atoms with Gasteiger partial charge in [0.2, 0.25) is 0 Å². The van der Waals surface area contributed by atoms with Crippen LogP contribution >= 0.6 is 0 Å². The van der Waals surface area contributed by atoms with E-state index in [4.69, 9.17) is 4.74 Å². The Morgan fingerprint density at radius 1 is 1.28 bits per heavy atom. The van der Waals surface area contributed by atoms with Gasteiger partial charge >= 0.3 is 5.97 Å². The van der Waals surface area contributed by atoms with E-state index in [1.165, 1.54) is 31.4 Å². The summed E-state index contributed by atoms with van der Waals surface area (Å²) in [7, 11) is 1.18. The van der Waals surface area contributed by atoms with Crippen LogP contribution in [0.2, 0.25) is 0 Å². The number of nitrogens with zero attached hydrogens (tertiary/aromatic N) is 2. The molecule has 9 heteroatoms. The highest BCUT2D eigenvalue weighted by Crippen LogP contribution is 2.26. The molecule has 0 bridgehead atoms. The van der Waals surface area contributed by atoms with E-state index in [1.807, 2.05) is 0 Å². The molecule has 1 fully saturated rings. The molecule has 8 nitrogen and oxygen atoms in total. The van der Waals surface area contributed by atoms with Crippen LogP contribution in [0, 0.1) is 15.9 Å². The number of carbonyl (C=O) groups is 1. The second-order valence-electron chi connectivity index (χ2n) is 6.58. The lowest BCUT2D eigenvalue weighted by atomic mass is 10.0. The zero-order valence-electron chi connectivity index (χ0n) is 16.0. The fraction of sp³-hybridized carbons (Fsp3) is 0.350. The van der Waals surface area contributed by atoms with E-state index in [9.17, 15) is 19.3 Å². The molecule has 1 heterocycles. The summed E-state index contributed by atoms with van der Waals surface area (Å²) in [5, 5.41) is 14.4. The van der Waals surface area contributed by atoms with E-state index in [0.717, 1.165) is 18.7 Å². The number of halogens is 1. The first kappa shape index (κ1) is 20.7. The summed E-state index contributed by atoms with van der Waals surface area (Å²) in [6, 6.07) is 10.5. The number of hydrogen-bond donors (Lipinski definition) is 1. The number of nitrogens with one attached hydrogen (secondary N) is 1. The summed E-state index contributed by atoms with van der Waals surface area (Å²) >= 11 is 0. The van der Waals surface area contributed by atoms with Crippen molar-refractivity contribution in [1.29, 1.82) is 0 Å². The number of rotatable bonds is 7. The summed E-state index contributed by atoms with van der Waals surface area (Å²) in [6.07, 6.45) is 0. The van der Waals surface area contributed by atoms with Crippen molar-refractivity contribution < 1.29 is 23.6 Å². The second-order valence-corrected chi connectivity index (χ2v) is 6.58. The first-order chi connectivity index (χ1) is 14.0. The van der Waals surface area contributed by atoms with Crippen LogP contribution in [0.25, 0.3) is 0 Å². The zero-order chi connectivity index (χ0) is 20.8. The summed E-state index contributed by atoms with van der Waals surface area (Å²) in [6.45, 7) is 3.16. The standard InChI is InChI=1S/C20H22FN3O5/c1-28-20(25)17-12-16(6-7-18(17)24(26)27)22-13-19(23-8-10-29-11-9-23)14-2-4-15(21)5-3-14/h2-7,12,19,22H,8-11,13H2,1H3. The molecule has 0 spiro atoms. The topological polar surface area (TPSA) is 93.9 Å². The van der Waals surface area contributed by atoms with E-state index in [-0.39, 0.29) is 23.1 Å². The van der Waals surface area contributed by atoms with Gasteiger partial charge in [-0.25, -0.2) is 9.18 Å². The third kappa shape index (κ3) is 5.07. The SMILES string of the molecule is COC(=O)c1cc(NCC(c2ccc(F)cc2)N2CCOCC2)ccc1[N+](=O)[O-]. The Morgan fingerprint density at radius 2 is 1.97 bits per heavy atom. The highest BCUT2D eigenvalue weighted by Gasteiger charge is 2.24. The van der Waals surface area contributed by atoms with Crippen LogP contribution in [0.4, 0.5) is 15.8 Å². The number of anilines is 1. The molecule has 29 heavy (non-hydrogen) atoms. The van der Waals surface area contributed by atoms with E-state index in [0.29, 0.717) is 25.4 Å². The van der Waals surface area contributed by atoms with Gasteiger partial charge in [-0.15, -0.1) is 0 Å². The van der Waals surface area contributed by atoms with Crippen molar-refractivity contribution in [2.24, 2.45) is 0 Å². The van der Waals surface area contributed by atoms with E-state index in [2.05, 4.69) is 15.0 Å². The van der Waals surface area contributed by atoms with Crippen molar-refractivity contribution >= 4 is 17.3 Å². The monoisotopic (exact) mass is 403 g/mol. The minimum atomic E-state index is -0.774. The van der Waals surface area contributed by atoms with Gasteiger partial charge in [0.25, 0.3) is 5.69 Å². The first-order valence-corrected chi connectivity index (χ1v) is 9.17. The lowest BCUT2D eigenvalue weighted by Gasteiger charge is -2.35. The maximum Gasteiger partial charge on any atom is 0.344 e. The van der Waals surface area contributed by atoms with Crippen LogP contribution in [0.15, 0.2) is 42.5 Å². The Hall–Kier alpha value is -3.04. The van der Waals surface area contributed by atoms with E-state index >= 15 is 0 Å². The molecule has 0 amide bonds. The lowest BCUT2D eigenvalue weighted by Crippen LogP contribution is -2.41. The number of nitro groups is 1. The van der Waals surface area contributed by atoms with Gasteiger partial charge in [0, 0.05) is 31.4 Å². The third-order valence-electron chi connectivity index (χ3n) is 4.84. The molecular formula is C20H22FN3O5. The molecule has 1 atom stereocenters. The van der Waals surface area contributed by atoms with Crippen molar-refractivity contribution in [2.45, 2.75) is 6.04 Å². The summed E-state index contributed by atoms with van der Waals surface area (Å²) in [5.41, 5.74) is 1.06. The fourth-order valence-corrected chi connectivity index (χ4v) is 3.33.